The molecule has 0 aromatic carbocycles. The molecule has 2 amide bonds. The Balaban J connectivity index is 1.40. The summed E-state index contributed by atoms with van der Waals surface area (Å²) in [5.41, 5.74) is 1.35. The lowest BCUT2D eigenvalue weighted by molar-refractivity contribution is -0.127. The maximum absolute atomic E-state index is 12.5. The summed E-state index contributed by atoms with van der Waals surface area (Å²) < 4.78 is 7.35. The number of nitrogens with zero attached hydrogens (tertiary/aromatic N) is 7. The van der Waals surface area contributed by atoms with Crippen molar-refractivity contribution >= 4 is 29.5 Å². The van der Waals surface area contributed by atoms with Crippen LogP contribution in [0.2, 0.25) is 0 Å². The Bertz CT molecular complexity index is 1070. The van der Waals surface area contributed by atoms with Crippen LogP contribution in [0.4, 0.5) is 22.2 Å². The maximum Gasteiger partial charge on any atom is 0.410 e. The number of hydrogen-bond acceptors (Lipinski definition) is 8. The topological polar surface area (TPSA) is 109 Å². The van der Waals surface area contributed by atoms with Gasteiger partial charge in [-0.05, 0) is 33.1 Å². The van der Waals surface area contributed by atoms with E-state index < -0.39 is 5.60 Å². The van der Waals surface area contributed by atoms with E-state index in [1.165, 1.54) is 0 Å². The highest BCUT2D eigenvalue weighted by atomic mass is 16.6. The van der Waals surface area contributed by atoms with Crippen molar-refractivity contribution in [1.82, 2.24) is 29.5 Å². The first-order valence-electron chi connectivity index (χ1n) is 12.8. The fraction of sp³-hybridized carbons (Fsp3) is 0.640. The molecule has 4 heterocycles. The molecule has 11 nitrogen and oxygen atoms in total. The van der Waals surface area contributed by atoms with E-state index >= 15 is 0 Å². The van der Waals surface area contributed by atoms with Gasteiger partial charge in [-0.3, -0.25) is 9.48 Å². The van der Waals surface area contributed by atoms with Crippen molar-refractivity contribution < 1.29 is 14.3 Å². The minimum atomic E-state index is -0.508. The fourth-order valence-electron chi connectivity index (χ4n) is 4.37. The highest BCUT2D eigenvalue weighted by molar-refractivity contribution is 5.78. The first-order chi connectivity index (χ1) is 17.1. The molecule has 2 aromatic rings. The Hall–Kier alpha value is -3.37. The molecule has 0 atom stereocenters. The molecule has 2 aliphatic heterocycles. The van der Waals surface area contributed by atoms with Gasteiger partial charge < -0.3 is 24.8 Å². The number of anilines is 3. The third-order valence-corrected chi connectivity index (χ3v) is 6.31. The highest BCUT2D eigenvalue weighted by Crippen LogP contribution is 2.28. The number of aromatic nitrogens is 4. The van der Waals surface area contributed by atoms with Crippen molar-refractivity contribution in [2.45, 2.75) is 65.5 Å². The van der Waals surface area contributed by atoms with Crippen LogP contribution in [-0.4, -0.2) is 86.4 Å². The van der Waals surface area contributed by atoms with Gasteiger partial charge in [0.15, 0.2) is 0 Å². The fourth-order valence-corrected chi connectivity index (χ4v) is 4.37. The summed E-state index contributed by atoms with van der Waals surface area (Å²) in [6.45, 7) is 14.5. The van der Waals surface area contributed by atoms with Crippen LogP contribution >= 0.6 is 0 Å². The lowest BCUT2D eigenvalue weighted by Crippen LogP contribution is -2.50. The number of rotatable bonds is 7. The second-order valence-corrected chi connectivity index (χ2v) is 10.7. The van der Waals surface area contributed by atoms with E-state index in [0.717, 1.165) is 30.0 Å². The summed E-state index contributed by atoms with van der Waals surface area (Å²) >= 11 is 0. The number of carbonyl (C=O) groups is 2. The predicted octanol–water partition coefficient (Wildman–Crippen LogP) is 3.22. The van der Waals surface area contributed by atoms with Gasteiger partial charge in [0.2, 0.25) is 11.9 Å². The van der Waals surface area contributed by atoms with Gasteiger partial charge in [-0.25, -0.2) is 9.78 Å². The molecule has 2 aliphatic rings. The van der Waals surface area contributed by atoms with Gasteiger partial charge in [0.1, 0.15) is 11.4 Å². The zero-order valence-corrected chi connectivity index (χ0v) is 22.0. The van der Waals surface area contributed by atoms with Crippen molar-refractivity contribution in [2.24, 2.45) is 0 Å². The molecule has 0 aliphatic carbocycles. The van der Waals surface area contributed by atoms with Crippen molar-refractivity contribution in [3.05, 3.63) is 24.2 Å². The second kappa shape index (κ2) is 10.7. The average Bonchev–Trinajstić information content (AvgIpc) is 3.44. The summed E-state index contributed by atoms with van der Waals surface area (Å²) in [5, 5.41) is 7.67. The Morgan fingerprint density at radius 3 is 2.50 bits per heavy atom. The Labute approximate surface area is 212 Å². The molecule has 0 radical (unpaired) electrons. The van der Waals surface area contributed by atoms with Crippen LogP contribution in [-0.2, 0) is 16.1 Å². The van der Waals surface area contributed by atoms with Crippen molar-refractivity contribution in [1.29, 1.82) is 0 Å². The summed E-state index contributed by atoms with van der Waals surface area (Å²) in [5.74, 6) is 1.86. The zero-order valence-electron chi connectivity index (χ0n) is 22.0. The normalized spacial score (nSPS) is 16.7. The van der Waals surface area contributed by atoms with Crippen molar-refractivity contribution in [3.63, 3.8) is 0 Å². The van der Waals surface area contributed by atoms with Crippen LogP contribution in [0.15, 0.2) is 18.6 Å². The van der Waals surface area contributed by atoms with Crippen molar-refractivity contribution in [3.8, 4) is 0 Å². The number of likely N-dealkylation sites (tertiary alicyclic amines) is 1. The quantitative estimate of drug-likeness (QED) is 0.620. The van der Waals surface area contributed by atoms with Gasteiger partial charge in [-0.1, -0.05) is 13.8 Å². The summed E-state index contributed by atoms with van der Waals surface area (Å²) in [6, 6.07) is 0. The van der Waals surface area contributed by atoms with Gasteiger partial charge in [0.25, 0.3) is 0 Å². The lowest BCUT2D eigenvalue weighted by atomic mass is 10.1. The number of hydrogen-bond donors (Lipinski definition) is 1. The minimum absolute atomic E-state index is 0.221. The van der Waals surface area contributed by atoms with E-state index in [4.69, 9.17) is 9.72 Å². The molecule has 36 heavy (non-hydrogen) atoms. The summed E-state index contributed by atoms with van der Waals surface area (Å²) in [7, 11) is 0. The SMILES string of the molecule is CC(C)c1cnc(Nc2cnn(CCN3CCCC3=O)c2)nc1N1CCN(C(=O)OC(C)(C)C)CC1. The first kappa shape index (κ1) is 25.7. The third kappa shape index (κ3) is 6.44. The molecular weight excluding hydrogens is 460 g/mol. The van der Waals surface area contributed by atoms with E-state index in [1.54, 1.807) is 11.1 Å². The third-order valence-electron chi connectivity index (χ3n) is 6.31. The molecule has 2 fully saturated rings. The average molecular weight is 499 g/mol. The maximum atomic E-state index is 12.5. The summed E-state index contributed by atoms with van der Waals surface area (Å²) in [4.78, 5) is 39.5. The number of amides is 2. The molecular formula is C25H38N8O3. The Morgan fingerprint density at radius 1 is 1.11 bits per heavy atom. The molecule has 2 saturated heterocycles. The number of ether oxygens (including phenoxy) is 1. The van der Waals surface area contributed by atoms with Crippen LogP contribution < -0.4 is 10.2 Å². The first-order valence-corrected chi connectivity index (χ1v) is 12.8. The molecule has 1 N–H and O–H groups in total. The molecule has 0 unspecified atom stereocenters. The number of nitrogens with one attached hydrogen (secondary N) is 1. The van der Waals surface area contributed by atoms with Gasteiger partial charge in [0, 0.05) is 63.6 Å². The standard InChI is InChI=1S/C25H38N8O3/c1-18(2)20-16-26-23(28-19-15-27-33(17-19)14-13-30-8-6-7-21(30)34)29-22(20)31-9-11-32(12-10-31)24(35)36-25(3,4)5/h15-18H,6-14H2,1-5H3,(H,26,28,29). The molecule has 0 spiro atoms. The summed E-state index contributed by atoms with van der Waals surface area (Å²) in [6.07, 6.45) is 6.83. The predicted molar refractivity (Wildman–Crippen MR) is 137 cm³/mol. The van der Waals surface area contributed by atoms with E-state index in [9.17, 15) is 9.59 Å². The minimum Gasteiger partial charge on any atom is -0.444 e. The molecule has 2 aromatic heterocycles. The molecule has 4 rings (SSSR count). The molecule has 11 heteroatoms. The second-order valence-electron chi connectivity index (χ2n) is 10.7. The van der Waals surface area contributed by atoms with Gasteiger partial charge >= 0.3 is 6.09 Å². The van der Waals surface area contributed by atoms with Gasteiger partial charge in [-0.2, -0.15) is 10.1 Å². The molecule has 0 bridgehead atoms. The largest absolute Gasteiger partial charge is 0.444 e. The van der Waals surface area contributed by atoms with Crippen LogP contribution in [0.5, 0.6) is 0 Å². The van der Waals surface area contributed by atoms with E-state index in [-0.39, 0.29) is 17.9 Å². The Kier molecular flexibility index (Phi) is 7.65. The molecule has 196 valence electrons. The highest BCUT2D eigenvalue weighted by Gasteiger charge is 2.28. The number of piperazine rings is 1. The molecule has 0 saturated carbocycles. The van der Waals surface area contributed by atoms with Crippen molar-refractivity contribution in [2.75, 3.05) is 49.5 Å². The van der Waals surface area contributed by atoms with Crippen LogP contribution in [0.25, 0.3) is 0 Å². The smallest absolute Gasteiger partial charge is 0.410 e. The lowest BCUT2D eigenvalue weighted by Gasteiger charge is -2.37. The van der Waals surface area contributed by atoms with E-state index in [1.807, 2.05) is 42.7 Å². The van der Waals surface area contributed by atoms with Crippen LogP contribution in [0.1, 0.15) is 58.9 Å². The monoisotopic (exact) mass is 498 g/mol. The van der Waals surface area contributed by atoms with E-state index in [2.05, 4.69) is 34.1 Å². The van der Waals surface area contributed by atoms with Crippen LogP contribution in [0, 0.1) is 0 Å². The van der Waals surface area contributed by atoms with Gasteiger partial charge in [-0.15, -0.1) is 0 Å². The van der Waals surface area contributed by atoms with E-state index in [0.29, 0.717) is 51.6 Å². The van der Waals surface area contributed by atoms with Crippen LogP contribution in [0.3, 0.4) is 0 Å². The number of carbonyl (C=O) groups excluding carboxylic acids is 2. The zero-order chi connectivity index (χ0) is 25.9. The van der Waals surface area contributed by atoms with Gasteiger partial charge in [0.05, 0.1) is 18.4 Å². The Morgan fingerprint density at radius 2 is 1.86 bits per heavy atom.